The maximum Gasteiger partial charge on any atom is 0.189 e. The summed E-state index contributed by atoms with van der Waals surface area (Å²) in [6.45, 7) is 10.3. The Balaban J connectivity index is 3.33. The highest BCUT2D eigenvalue weighted by atomic mass is 14.6. The Morgan fingerprint density at radius 2 is 2.25 bits per heavy atom. The highest BCUT2D eigenvalue weighted by Crippen LogP contribution is 2.17. The molecule has 0 bridgehead atoms. The van der Waals surface area contributed by atoms with Crippen molar-refractivity contribution in [1.29, 1.82) is 5.26 Å². The van der Waals surface area contributed by atoms with E-state index in [2.05, 4.69) is 11.4 Å². The quantitative estimate of drug-likeness (QED) is 0.571. The summed E-state index contributed by atoms with van der Waals surface area (Å²) in [6, 6.07) is 6.93. The first-order valence-electron chi connectivity index (χ1n) is 3.35. The summed E-state index contributed by atoms with van der Waals surface area (Å²) in [6.07, 6.45) is 1.62. The summed E-state index contributed by atoms with van der Waals surface area (Å²) < 4.78 is 0. The van der Waals surface area contributed by atoms with Crippen LogP contribution in [-0.2, 0) is 0 Å². The fourth-order valence-electron chi connectivity index (χ4n) is 0.882. The van der Waals surface area contributed by atoms with Crippen LogP contribution in [0.25, 0.3) is 10.9 Å². The van der Waals surface area contributed by atoms with Crippen molar-refractivity contribution in [3.63, 3.8) is 0 Å². The largest absolute Gasteiger partial charge is 0.238 e. The number of nitrogens with zero attached hydrogens (tertiary/aromatic N) is 2. The molecule has 0 amide bonds. The van der Waals surface area contributed by atoms with Gasteiger partial charge in [0.05, 0.1) is 12.6 Å². The normalized spacial score (nSPS) is 8.17. The molecule has 1 rings (SSSR count). The number of benzene rings is 1. The van der Waals surface area contributed by atoms with Crippen LogP contribution in [0.1, 0.15) is 11.1 Å². The molecule has 0 aliphatic rings. The Labute approximate surface area is 71.2 Å². The van der Waals surface area contributed by atoms with Crippen LogP contribution in [0.2, 0.25) is 0 Å². The van der Waals surface area contributed by atoms with Gasteiger partial charge in [0.25, 0.3) is 0 Å². The van der Waals surface area contributed by atoms with Crippen molar-refractivity contribution in [3.05, 3.63) is 47.3 Å². The van der Waals surface area contributed by atoms with E-state index in [1.165, 1.54) is 0 Å². The fraction of sp³-hybridized carbons (Fsp3) is 0. The monoisotopic (exact) mass is 154 g/mol. The summed E-state index contributed by atoms with van der Waals surface area (Å²) in [5.41, 5.74) is 1.78. The molecule has 12 heavy (non-hydrogen) atoms. The first-order valence-corrected chi connectivity index (χ1v) is 3.35. The molecule has 0 aromatic heterocycles. The van der Waals surface area contributed by atoms with Gasteiger partial charge in [0.2, 0.25) is 0 Å². The third kappa shape index (κ3) is 1.51. The van der Waals surface area contributed by atoms with Crippen LogP contribution in [0.3, 0.4) is 0 Å². The zero-order valence-corrected chi connectivity index (χ0v) is 6.41. The van der Waals surface area contributed by atoms with E-state index < -0.39 is 0 Å². The van der Waals surface area contributed by atoms with Crippen molar-refractivity contribution in [2.24, 2.45) is 0 Å². The molecule has 0 spiro atoms. The standard InChI is InChI=1S/C10H6N2/c1-3-8-4-9(7-11)6-10(5-8)12-2/h3-6H,1H2. The molecule has 0 unspecified atom stereocenters. The first kappa shape index (κ1) is 8.04. The second kappa shape index (κ2) is 3.37. The Hall–Kier alpha value is -2.06. The van der Waals surface area contributed by atoms with Crippen molar-refractivity contribution in [2.75, 3.05) is 0 Å². The second-order valence-electron chi connectivity index (χ2n) is 2.24. The molecule has 0 aliphatic carbocycles. The minimum Gasteiger partial charge on any atom is -0.238 e. The molecule has 56 valence electrons. The molecular formula is C10H6N2. The summed E-state index contributed by atoms with van der Waals surface area (Å²) in [4.78, 5) is 3.24. The fourth-order valence-corrected chi connectivity index (χ4v) is 0.882. The van der Waals surface area contributed by atoms with Crippen molar-refractivity contribution in [2.45, 2.75) is 0 Å². The molecule has 1 aromatic carbocycles. The van der Waals surface area contributed by atoms with Crippen molar-refractivity contribution < 1.29 is 0 Å². The molecule has 0 saturated carbocycles. The summed E-state index contributed by atoms with van der Waals surface area (Å²) in [5, 5.41) is 8.59. The molecule has 0 fully saturated rings. The van der Waals surface area contributed by atoms with Crippen LogP contribution < -0.4 is 0 Å². The van der Waals surface area contributed by atoms with Crippen molar-refractivity contribution in [3.8, 4) is 6.07 Å². The average molecular weight is 154 g/mol. The zero-order chi connectivity index (χ0) is 8.97. The van der Waals surface area contributed by atoms with Gasteiger partial charge in [-0.05, 0) is 23.8 Å². The third-order valence-electron chi connectivity index (χ3n) is 1.43. The minimum atomic E-state index is 0.476. The maximum absolute atomic E-state index is 8.59. The van der Waals surface area contributed by atoms with Crippen LogP contribution in [0.5, 0.6) is 0 Å². The lowest BCUT2D eigenvalue weighted by Gasteiger charge is -1.94. The molecular weight excluding hydrogens is 148 g/mol. The van der Waals surface area contributed by atoms with E-state index in [1.54, 1.807) is 24.3 Å². The van der Waals surface area contributed by atoms with Crippen LogP contribution in [-0.4, -0.2) is 0 Å². The lowest BCUT2D eigenvalue weighted by molar-refractivity contribution is 1.48. The summed E-state index contributed by atoms with van der Waals surface area (Å²) >= 11 is 0. The van der Waals surface area contributed by atoms with Crippen molar-refractivity contribution in [1.82, 2.24) is 0 Å². The number of hydrogen-bond acceptors (Lipinski definition) is 1. The van der Waals surface area contributed by atoms with E-state index in [4.69, 9.17) is 11.8 Å². The SMILES string of the molecule is [C-]#[N+]c1cc(C#N)cc(C=C)c1. The molecule has 0 aliphatic heterocycles. The van der Waals surface area contributed by atoms with E-state index in [1.807, 2.05) is 6.07 Å². The van der Waals surface area contributed by atoms with Gasteiger partial charge in [0.1, 0.15) is 0 Å². The van der Waals surface area contributed by atoms with Gasteiger partial charge < -0.3 is 0 Å². The zero-order valence-electron chi connectivity index (χ0n) is 6.41. The lowest BCUT2D eigenvalue weighted by Crippen LogP contribution is -1.76. The van der Waals surface area contributed by atoms with Crippen LogP contribution in [0.15, 0.2) is 24.8 Å². The molecule has 0 saturated heterocycles. The minimum absolute atomic E-state index is 0.476. The Kier molecular flexibility index (Phi) is 2.26. The van der Waals surface area contributed by atoms with E-state index in [-0.39, 0.29) is 0 Å². The Morgan fingerprint density at radius 3 is 2.75 bits per heavy atom. The number of nitriles is 1. The molecule has 0 radical (unpaired) electrons. The van der Waals surface area contributed by atoms with Gasteiger partial charge in [-0.15, -0.1) is 0 Å². The molecule has 2 nitrogen and oxygen atoms in total. The van der Waals surface area contributed by atoms with E-state index >= 15 is 0 Å². The van der Waals surface area contributed by atoms with Gasteiger partial charge in [-0.3, -0.25) is 0 Å². The van der Waals surface area contributed by atoms with Gasteiger partial charge >= 0.3 is 0 Å². The molecule has 2 heteroatoms. The predicted molar refractivity (Wildman–Crippen MR) is 47.5 cm³/mol. The van der Waals surface area contributed by atoms with Gasteiger partial charge in [0, 0.05) is 5.56 Å². The molecule has 0 N–H and O–H groups in total. The van der Waals surface area contributed by atoms with Gasteiger partial charge in [-0.25, -0.2) is 4.85 Å². The molecule has 0 atom stereocenters. The molecule has 0 heterocycles. The average Bonchev–Trinajstić information content (AvgIpc) is 2.16. The number of hydrogen-bond donors (Lipinski definition) is 0. The first-order chi connectivity index (χ1) is 5.80. The number of rotatable bonds is 1. The Morgan fingerprint density at radius 1 is 1.50 bits per heavy atom. The van der Waals surface area contributed by atoms with Crippen LogP contribution in [0.4, 0.5) is 5.69 Å². The van der Waals surface area contributed by atoms with Crippen LogP contribution in [0, 0.1) is 17.9 Å². The van der Waals surface area contributed by atoms with Crippen LogP contribution >= 0.6 is 0 Å². The summed E-state index contributed by atoms with van der Waals surface area (Å²) in [7, 11) is 0. The summed E-state index contributed by atoms with van der Waals surface area (Å²) in [5.74, 6) is 0. The van der Waals surface area contributed by atoms with Gasteiger partial charge in [-0.2, -0.15) is 5.26 Å². The van der Waals surface area contributed by atoms with E-state index in [0.29, 0.717) is 11.3 Å². The topological polar surface area (TPSA) is 28.1 Å². The predicted octanol–water partition coefficient (Wildman–Crippen LogP) is 2.75. The van der Waals surface area contributed by atoms with E-state index in [0.717, 1.165) is 5.56 Å². The highest BCUT2D eigenvalue weighted by Gasteiger charge is 1.96. The smallest absolute Gasteiger partial charge is 0.189 e. The Bertz CT molecular complexity index is 359. The van der Waals surface area contributed by atoms with Gasteiger partial charge in [-0.1, -0.05) is 12.7 Å². The van der Waals surface area contributed by atoms with E-state index in [9.17, 15) is 0 Å². The maximum atomic E-state index is 8.59. The second-order valence-corrected chi connectivity index (χ2v) is 2.24. The third-order valence-corrected chi connectivity index (χ3v) is 1.43. The molecule has 1 aromatic rings. The highest BCUT2D eigenvalue weighted by molar-refractivity contribution is 5.60. The van der Waals surface area contributed by atoms with Crippen molar-refractivity contribution >= 4 is 11.8 Å². The lowest BCUT2D eigenvalue weighted by atomic mass is 10.1. The van der Waals surface area contributed by atoms with Gasteiger partial charge in [0.15, 0.2) is 5.69 Å².